The number of para-hydroxylation sites is 1. The van der Waals surface area contributed by atoms with E-state index in [1.807, 2.05) is 67.6 Å². The molecular formula is C25H22N4O2. The van der Waals surface area contributed by atoms with Gasteiger partial charge >= 0.3 is 0 Å². The molecule has 3 aromatic carbocycles. The molecule has 0 saturated heterocycles. The Balaban J connectivity index is 1.68. The van der Waals surface area contributed by atoms with E-state index >= 15 is 0 Å². The summed E-state index contributed by atoms with van der Waals surface area (Å²) < 4.78 is 1.70. The van der Waals surface area contributed by atoms with Gasteiger partial charge < -0.3 is 10.6 Å². The molecule has 0 aliphatic carbocycles. The normalized spacial score (nSPS) is 10.5. The van der Waals surface area contributed by atoms with Gasteiger partial charge in [0, 0.05) is 29.6 Å². The lowest BCUT2D eigenvalue weighted by atomic mass is 10.1. The van der Waals surface area contributed by atoms with Gasteiger partial charge in [-0.05, 0) is 37.3 Å². The second-order valence-electron chi connectivity index (χ2n) is 6.93. The number of hydrogen-bond acceptors (Lipinski definition) is 3. The van der Waals surface area contributed by atoms with Gasteiger partial charge in [0.1, 0.15) is 5.69 Å². The second kappa shape index (κ2) is 9.09. The van der Waals surface area contributed by atoms with Crippen molar-refractivity contribution in [2.75, 3.05) is 11.9 Å². The monoisotopic (exact) mass is 410 g/mol. The highest BCUT2D eigenvalue weighted by molar-refractivity contribution is 6.08. The zero-order chi connectivity index (χ0) is 21.6. The van der Waals surface area contributed by atoms with E-state index < -0.39 is 0 Å². The fourth-order valence-corrected chi connectivity index (χ4v) is 3.26. The first-order valence-corrected chi connectivity index (χ1v) is 10.1. The van der Waals surface area contributed by atoms with Crippen molar-refractivity contribution in [3.63, 3.8) is 0 Å². The number of carbonyl (C=O) groups is 2. The zero-order valence-corrected chi connectivity index (χ0v) is 17.1. The van der Waals surface area contributed by atoms with Gasteiger partial charge in [0.25, 0.3) is 11.8 Å². The van der Waals surface area contributed by atoms with Crippen molar-refractivity contribution in [2.24, 2.45) is 0 Å². The van der Waals surface area contributed by atoms with Crippen molar-refractivity contribution in [3.05, 3.63) is 102 Å². The Labute approximate surface area is 180 Å². The molecule has 1 aromatic heterocycles. The topological polar surface area (TPSA) is 76.0 Å². The first kappa shape index (κ1) is 20.1. The predicted molar refractivity (Wildman–Crippen MR) is 121 cm³/mol. The minimum Gasteiger partial charge on any atom is -0.352 e. The summed E-state index contributed by atoms with van der Waals surface area (Å²) in [6.07, 6.45) is 1.72. The molecule has 4 aromatic rings. The number of anilines is 1. The molecule has 2 N–H and O–H groups in total. The number of carbonyl (C=O) groups excluding carboxylic acids is 2. The Hall–Kier alpha value is -4.19. The Morgan fingerprint density at radius 2 is 1.58 bits per heavy atom. The van der Waals surface area contributed by atoms with Gasteiger partial charge in [0.15, 0.2) is 0 Å². The van der Waals surface area contributed by atoms with Gasteiger partial charge in [-0.25, -0.2) is 4.68 Å². The summed E-state index contributed by atoms with van der Waals surface area (Å²) in [6.45, 7) is 2.40. The Kier molecular flexibility index (Phi) is 5.89. The summed E-state index contributed by atoms with van der Waals surface area (Å²) in [5.41, 5.74) is 3.76. The molecule has 6 heteroatoms. The van der Waals surface area contributed by atoms with Crippen LogP contribution in [0.25, 0.3) is 16.9 Å². The van der Waals surface area contributed by atoms with Crippen LogP contribution < -0.4 is 10.6 Å². The maximum Gasteiger partial charge on any atom is 0.259 e. The van der Waals surface area contributed by atoms with Crippen LogP contribution >= 0.6 is 0 Å². The molecule has 0 saturated carbocycles. The highest BCUT2D eigenvalue weighted by Gasteiger charge is 2.19. The molecule has 1 heterocycles. The zero-order valence-electron chi connectivity index (χ0n) is 17.1. The average Bonchev–Trinajstić information content (AvgIpc) is 3.26. The molecule has 6 nitrogen and oxygen atoms in total. The summed E-state index contributed by atoms with van der Waals surface area (Å²) in [5, 5.41) is 10.3. The number of hydrogen-bond donors (Lipinski definition) is 2. The van der Waals surface area contributed by atoms with Crippen LogP contribution in [-0.2, 0) is 0 Å². The molecule has 0 unspecified atom stereocenters. The van der Waals surface area contributed by atoms with E-state index in [1.54, 1.807) is 35.1 Å². The van der Waals surface area contributed by atoms with Gasteiger partial charge in [-0.2, -0.15) is 5.10 Å². The van der Waals surface area contributed by atoms with E-state index in [2.05, 4.69) is 15.7 Å². The lowest BCUT2D eigenvalue weighted by molar-refractivity contribution is 0.0954. The lowest BCUT2D eigenvalue weighted by Crippen LogP contribution is -2.22. The van der Waals surface area contributed by atoms with Crippen molar-refractivity contribution >= 4 is 17.5 Å². The van der Waals surface area contributed by atoms with Gasteiger partial charge in [-0.15, -0.1) is 0 Å². The standard InChI is InChI=1S/C25H22N4O2/c1-2-26-24(30)19-12-9-13-20(16-19)27-25(31)22-17-29(21-14-7-4-8-15-21)28-23(22)18-10-5-3-6-11-18/h3-17H,2H2,1H3,(H,26,30)(H,27,31). The summed E-state index contributed by atoms with van der Waals surface area (Å²) in [6, 6.07) is 26.1. The van der Waals surface area contributed by atoms with Gasteiger partial charge in [0.05, 0.1) is 11.3 Å². The van der Waals surface area contributed by atoms with Crippen LogP contribution in [0.1, 0.15) is 27.6 Å². The molecule has 0 fully saturated rings. The number of amides is 2. The van der Waals surface area contributed by atoms with Crippen molar-refractivity contribution < 1.29 is 9.59 Å². The third-order valence-corrected chi connectivity index (χ3v) is 4.75. The Bertz CT molecular complexity index is 1200. The van der Waals surface area contributed by atoms with Crippen LogP contribution in [0.4, 0.5) is 5.69 Å². The smallest absolute Gasteiger partial charge is 0.259 e. The molecule has 0 aliphatic heterocycles. The van der Waals surface area contributed by atoms with Gasteiger partial charge in [-0.1, -0.05) is 54.6 Å². The van der Waals surface area contributed by atoms with E-state index in [4.69, 9.17) is 0 Å². The average molecular weight is 410 g/mol. The van der Waals surface area contributed by atoms with E-state index in [1.165, 1.54) is 0 Å². The lowest BCUT2D eigenvalue weighted by Gasteiger charge is -2.08. The summed E-state index contributed by atoms with van der Waals surface area (Å²) in [5.74, 6) is -0.477. The third kappa shape index (κ3) is 4.53. The van der Waals surface area contributed by atoms with Crippen molar-refractivity contribution in [2.45, 2.75) is 6.92 Å². The highest BCUT2D eigenvalue weighted by atomic mass is 16.2. The molecular weight excluding hydrogens is 388 g/mol. The molecule has 0 spiro atoms. The van der Waals surface area contributed by atoms with Crippen LogP contribution in [-0.4, -0.2) is 28.1 Å². The quantitative estimate of drug-likeness (QED) is 0.490. The first-order chi connectivity index (χ1) is 15.2. The fraction of sp³-hybridized carbons (Fsp3) is 0.0800. The van der Waals surface area contributed by atoms with Crippen molar-refractivity contribution in [1.29, 1.82) is 0 Å². The number of rotatable bonds is 6. The molecule has 4 rings (SSSR count). The predicted octanol–water partition coefficient (Wildman–Crippen LogP) is 4.54. The van der Waals surface area contributed by atoms with Crippen LogP contribution in [0, 0.1) is 0 Å². The molecule has 154 valence electrons. The molecule has 2 amide bonds. The molecule has 0 radical (unpaired) electrons. The van der Waals surface area contributed by atoms with Crippen LogP contribution in [0.5, 0.6) is 0 Å². The van der Waals surface area contributed by atoms with E-state index in [0.29, 0.717) is 29.1 Å². The molecule has 0 atom stereocenters. The third-order valence-electron chi connectivity index (χ3n) is 4.75. The van der Waals surface area contributed by atoms with E-state index in [9.17, 15) is 9.59 Å². The summed E-state index contributed by atoms with van der Waals surface area (Å²) >= 11 is 0. The minimum atomic E-state index is -0.297. The Morgan fingerprint density at radius 1 is 0.871 bits per heavy atom. The van der Waals surface area contributed by atoms with E-state index in [0.717, 1.165) is 11.3 Å². The summed E-state index contributed by atoms with van der Waals surface area (Å²) in [4.78, 5) is 25.3. The largest absolute Gasteiger partial charge is 0.352 e. The molecule has 0 bridgehead atoms. The molecule has 0 aliphatic rings. The van der Waals surface area contributed by atoms with Crippen molar-refractivity contribution in [3.8, 4) is 16.9 Å². The number of aromatic nitrogens is 2. The molecule has 31 heavy (non-hydrogen) atoms. The summed E-state index contributed by atoms with van der Waals surface area (Å²) in [7, 11) is 0. The minimum absolute atomic E-state index is 0.180. The van der Waals surface area contributed by atoms with Crippen LogP contribution in [0.3, 0.4) is 0 Å². The first-order valence-electron chi connectivity index (χ1n) is 10.1. The fourth-order valence-electron chi connectivity index (χ4n) is 3.26. The van der Waals surface area contributed by atoms with Crippen LogP contribution in [0.2, 0.25) is 0 Å². The van der Waals surface area contributed by atoms with E-state index in [-0.39, 0.29) is 11.8 Å². The van der Waals surface area contributed by atoms with Crippen molar-refractivity contribution in [1.82, 2.24) is 15.1 Å². The maximum absolute atomic E-state index is 13.2. The maximum atomic E-state index is 13.2. The Morgan fingerprint density at radius 3 is 2.29 bits per heavy atom. The van der Waals surface area contributed by atoms with Gasteiger partial charge in [0.2, 0.25) is 0 Å². The van der Waals surface area contributed by atoms with Gasteiger partial charge in [-0.3, -0.25) is 9.59 Å². The number of nitrogens with zero attached hydrogens (tertiary/aromatic N) is 2. The number of benzene rings is 3. The SMILES string of the molecule is CCNC(=O)c1cccc(NC(=O)c2cn(-c3ccccc3)nc2-c2ccccc2)c1. The highest BCUT2D eigenvalue weighted by Crippen LogP contribution is 2.25. The van der Waals surface area contributed by atoms with Crippen LogP contribution in [0.15, 0.2) is 91.1 Å². The second-order valence-corrected chi connectivity index (χ2v) is 6.93. The number of nitrogens with one attached hydrogen (secondary N) is 2.